The second kappa shape index (κ2) is 9.38. The molecule has 0 unspecified atom stereocenters. The van der Waals surface area contributed by atoms with Crippen LogP contribution >= 0.6 is 11.8 Å². The van der Waals surface area contributed by atoms with Crippen molar-refractivity contribution in [1.29, 1.82) is 0 Å². The molecule has 1 aliphatic heterocycles. The fourth-order valence-corrected chi connectivity index (χ4v) is 3.93. The number of carbonyl (C=O) groups excluding carboxylic acids is 2. The Hall–Kier alpha value is -3.74. The number of nitrogens with zero attached hydrogens (tertiary/aromatic N) is 5. The van der Waals surface area contributed by atoms with Crippen molar-refractivity contribution in [1.82, 2.24) is 9.88 Å². The van der Waals surface area contributed by atoms with Gasteiger partial charge in [0, 0.05) is 43.9 Å². The van der Waals surface area contributed by atoms with Crippen LogP contribution in [0.5, 0.6) is 0 Å². The van der Waals surface area contributed by atoms with Gasteiger partial charge in [-0.25, -0.2) is 4.98 Å². The molecule has 1 aromatic heterocycles. The van der Waals surface area contributed by atoms with Gasteiger partial charge in [0.1, 0.15) is 12.0 Å². The highest BCUT2D eigenvalue weighted by Crippen LogP contribution is 2.30. The smallest absolute Gasteiger partial charge is 0.287 e. The number of primary amides is 1. The summed E-state index contributed by atoms with van der Waals surface area (Å²) in [5, 5.41) is 22.0. The first kappa shape index (κ1) is 22.0. The number of rotatable bonds is 7. The van der Waals surface area contributed by atoms with E-state index in [9.17, 15) is 29.8 Å². The fraction of sp³-hybridized carbons (Fsp3) is 0.278. The van der Waals surface area contributed by atoms with E-state index in [1.54, 1.807) is 11.0 Å². The molecular weight excluding hydrogens is 428 g/mol. The standard InChI is InChI=1S/C18H18N6O6S/c19-18(26)12-1-3-15(14(9-12)24(29)30)31-11-17(25)22-7-5-21(6-8-22)16-4-2-13(10-20-16)23(27)28/h1-4,9-10H,5-8,11H2,(H2,19,26). The minimum Gasteiger partial charge on any atom is -0.366 e. The molecule has 0 atom stereocenters. The maximum Gasteiger partial charge on any atom is 0.287 e. The summed E-state index contributed by atoms with van der Waals surface area (Å²) in [5.41, 5.74) is 4.82. The zero-order chi connectivity index (χ0) is 22.5. The van der Waals surface area contributed by atoms with Gasteiger partial charge in [0.05, 0.1) is 20.5 Å². The molecule has 0 bridgehead atoms. The average molecular weight is 446 g/mol. The SMILES string of the molecule is NC(=O)c1ccc(SCC(=O)N2CCN(c3ccc([N+](=O)[O-])cn3)CC2)c([N+](=O)[O-])c1. The highest BCUT2D eigenvalue weighted by Gasteiger charge is 2.24. The number of benzene rings is 1. The Balaban J connectivity index is 1.56. The Morgan fingerprint density at radius 3 is 2.32 bits per heavy atom. The number of nitrogens with two attached hydrogens (primary N) is 1. The van der Waals surface area contributed by atoms with Gasteiger partial charge in [-0.2, -0.15) is 0 Å². The molecule has 13 heteroatoms. The second-order valence-electron chi connectivity index (χ2n) is 6.59. The normalized spacial score (nSPS) is 13.7. The van der Waals surface area contributed by atoms with Crippen molar-refractivity contribution in [3.8, 4) is 0 Å². The van der Waals surface area contributed by atoms with Crippen LogP contribution in [0, 0.1) is 20.2 Å². The molecule has 2 aromatic rings. The number of hydrogen-bond acceptors (Lipinski definition) is 9. The Bertz CT molecular complexity index is 1020. The molecule has 1 aliphatic rings. The van der Waals surface area contributed by atoms with Gasteiger partial charge in [-0.05, 0) is 18.2 Å². The molecule has 12 nitrogen and oxygen atoms in total. The van der Waals surface area contributed by atoms with Gasteiger partial charge in [0.2, 0.25) is 11.8 Å². The molecule has 1 saturated heterocycles. The second-order valence-corrected chi connectivity index (χ2v) is 7.61. The molecule has 2 N–H and O–H groups in total. The maximum absolute atomic E-state index is 12.5. The Labute approximate surface area is 180 Å². The third-order valence-corrected chi connectivity index (χ3v) is 5.74. The molecule has 2 amide bonds. The van der Waals surface area contributed by atoms with E-state index in [0.29, 0.717) is 32.0 Å². The molecule has 1 aromatic carbocycles. The van der Waals surface area contributed by atoms with Crippen LogP contribution in [-0.2, 0) is 4.79 Å². The summed E-state index contributed by atoms with van der Waals surface area (Å²) in [5.74, 6) is -0.338. The first-order valence-electron chi connectivity index (χ1n) is 9.10. The minimum atomic E-state index is -0.767. The lowest BCUT2D eigenvalue weighted by Gasteiger charge is -2.35. The van der Waals surface area contributed by atoms with Gasteiger partial charge < -0.3 is 15.5 Å². The van der Waals surface area contributed by atoms with Gasteiger partial charge in [-0.15, -0.1) is 11.8 Å². The summed E-state index contributed by atoms with van der Waals surface area (Å²) in [6.45, 7) is 1.88. The predicted molar refractivity (Wildman–Crippen MR) is 112 cm³/mol. The van der Waals surface area contributed by atoms with E-state index >= 15 is 0 Å². The van der Waals surface area contributed by atoms with E-state index in [1.165, 1.54) is 24.4 Å². The number of aromatic nitrogens is 1. The number of amides is 2. The molecule has 162 valence electrons. The van der Waals surface area contributed by atoms with Crippen molar-refractivity contribution >= 4 is 40.8 Å². The molecule has 0 radical (unpaired) electrons. The summed E-state index contributed by atoms with van der Waals surface area (Å²) in [6, 6.07) is 6.85. The lowest BCUT2D eigenvalue weighted by Crippen LogP contribution is -2.49. The number of pyridine rings is 1. The summed E-state index contributed by atoms with van der Waals surface area (Å²) < 4.78 is 0. The van der Waals surface area contributed by atoms with Crippen LogP contribution in [-0.4, -0.2) is 63.5 Å². The van der Waals surface area contributed by atoms with E-state index in [2.05, 4.69) is 4.98 Å². The molecule has 0 spiro atoms. The van der Waals surface area contributed by atoms with Gasteiger partial charge in [0.15, 0.2) is 0 Å². The molecule has 2 heterocycles. The highest BCUT2D eigenvalue weighted by atomic mass is 32.2. The number of carbonyl (C=O) groups is 2. The molecule has 0 aliphatic carbocycles. The van der Waals surface area contributed by atoms with Crippen molar-refractivity contribution in [2.75, 3.05) is 36.8 Å². The Morgan fingerprint density at radius 1 is 1.06 bits per heavy atom. The van der Waals surface area contributed by atoms with Crippen molar-refractivity contribution in [2.45, 2.75) is 4.90 Å². The lowest BCUT2D eigenvalue weighted by molar-refractivity contribution is -0.387. The lowest BCUT2D eigenvalue weighted by atomic mass is 10.2. The summed E-state index contributed by atoms with van der Waals surface area (Å²) in [7, 11) is 0. The third kappa shape index (κ3) is 5.25. The van der Waals surface area contributed by atoms with Crippen molar-refractivity contribution < 1.29 is 19.4 Å². The molecule has 3 rings (SSSR count). The topological polar surface area (TPSA) is 166 Å². The number of anilines is 1. The highest BCUT2D eigenvalue weighted by molar-refractivity contribution is 8.00. The van der Waals surface area contributed by atoms with Crippen LogP contribution < -0.4 is 10.6 Å². The summed E-state index contributed by atoms with van der Waals surface area (Å²) in [6.07, 6.45) is 1.19. The number of nitro benzene ring substituents is 1. The van der Waals surface area contributed by atoms with Gasteiger partial charge >= 0.3 is 0 Å². The van der Waals surface area contributed by atoms with Crippen LogP contribution in [0.1, 0.15) is 10.4 Å². The number of nitro groups is 2. The largest absolute Gasteiger partial charge is 0.366 e. The minimum absolute atomic E-state index is 0.00649. The Kier molecular flexibility index (Phi) is 6.65. The van der Waals surface area contributed by atoms with Crippen LogP contribution in [0.15, 0.2) is 41.4 Å². The number of thioether (sulfide) groups is 1. The zero-order valence-corrected chi connectivity index (χ0v) is 17.0. The predicted octanol–water partition coefficient (Wildman–Crippen LogP) is 1.44. The van der Waals surface area contributed by atoms with Crippen LogP contribution in [0.4, 0.5) is 17.2 Å². The van der Waals surface area contributed by atoms with Crippen LogP contribution in [0.3, 0.4) is 0 Å². The average Bonchev–Trinajstić information content (AvgIpc) is 2.77. The number of hydrogen-bond donors (Lipinski definition) is 1. The van der Waals surface area contributed by atoms with E-state index in [-0.39, 0.29) is 33.5 Å². The summed E-state index contributed by atoms with van der Waals surface area (Å²) >= 11 is 1.02. The molecular formula is C18H18N6O6S. The van der Waals surface area contributed by atoms with Gasteiger partial charge in [-0.3, -0.25) is 29.8 Å². The van der Waals surface area contributed by atoms with E-state index in [0.717, 1.165) is 17.8 Å². The van der Waals surface area contributed by atoms with Crippen molar-refractivity contribution in [3.05, 3.63) is 62.3 Å². The monoisotopic (exact) mass is 446 g/mol. The van der Waals surface area contributed by atoms with Crippen molar-refractivity contribution in [2.24, 2.45) is 5.73 Å². The fourth-order valence-electron chi connectivity index (χ4n) is 3.02. The van der Waals surface area contributed by atoms with Crippen LogP contribution in [0.2, 0.25) is 0 Å². The quantitative estimate of drug-likeness (QED) is 0.376. The first-order chi connectivity index (χ1) is 14.8. The van der Waals surface area contributed by atoms with E-state index < -0.39 is 15.8 Å². The molecule has 31 heavy (non-hydrogen) atoms. The van der Waals surface area contributed by atoms with Gasteiger partial charge in [-0.1, -0.05) is 0 Å². The Morgan fingerprint density at radius 2 is 1.77 bits per heavy atom. The first-order valence-corrected chi connectivity index (χ1v) is 10.1. The zero-order valence-electron chi connectivity index (χ0n) is 16.2. The van der Waals surface area contributed by atoms with E-state index in [1.807, 2.05) is 4.90 Å². The number of piperazine rings is 1. The van der Waals surface area contributed by atoms with Crippen LogP contribution in [0.25, 0.3) is 0 Å². The third-order valence-electron chi connectivity index (χ3n) is 4.69. The van der Waals surface area contributed by atoms with Crippen molar-refractivity contribution in [3.63, 3.8) is 0 Å². The molecule has 1 fully saturated rings. The molecule has 0 saturated carbocycles. The van der Waals surface area contributed by atoms with Gasteiger partial charge in [0.25, 0.3) is 11.4 Å². The summed E-state index contributed by atoms with van der Waals surface area (Å²) in [4.78, 5) is 52.6. The maximum atomic E-state index is 12.5. The van der Waals surface area contributed by atoms with E-state index in [4.69, 9.17) is 5.73 Å².